The van der Waals surface area contributed by atoms with Crippen LogP contribution in [0.4, 0.5) is 0 Å². The molecular formula is C22H29NO3. The molecule has 2 rings (SSSR count). The maximum Gasteiger partial charge on any atom is 0.261 e. The second kappa shape index (κ2) is 10.5. The summed E-state index contributed by atoms with van der Waals surface area (Å²) in [6, 6.07) is 15.8. The molecule has 0 bridgehead atoms. The van der Waals surface area contributed by atoms with E-state index in [-0.39, 0.29) is 5.91 Å². The van der Waals surface area contributed by atoms with E-state index < -0.39 is 6.10 Å². The van der Waals surface area contributed by atoms with E-state index in [1.807, 2.05) is 63.2 Å². The highest BCUT2D eigenvalue weighted by molar-refractivity contribution is 5.81. The van der Waals surface area contributed by atoms with Crippen LogP contribution >= 0.6 is 0 Å². The summed E-state index contributed by atoms with van der Waals surface area (Å²) in [4.78, 5) is 12.4. The molecule has 1 atom stereocenters. The molecule has 2 aromatic rings. The zero-order chi connectivity index (χ0) is 18.8. The molecule has 0 unspecified atom stereocenters. The predicted molar refractivity (Wildman–Crippen MR) is 105 cm³/mol. The van der Waals surface area contributed by atoms with Crippen LogP contribution in [0.3, 0.4) is 0 Å². The van der Waals surface area contributed by atoms with Crippen LogP contribution in [0.15, 0.2) is 48.5 Å². The maximum atomic E-state index is 12.4. The van der Waals surface area contributed by atoms with Crippen LogP contribution in [-0.4, -0.2) is 25.2 Å². The topological polar surface area (TPSA) is 47.6 Å². The van der Waals surface area contributed by atoms with Crippen molar-refractivity contribution < 1.29 is 14.3 Å². The van der Waals surface area contributed by atoms with Crippen LogP contribution in [0.2, 0.25) is 0 Å². The lowest BCUT2D eigenvalue weighted by Gasteiger charge is -2.17. The van der Waals surface area contributed by atoms with Gasteiger partial charge in [-0.05, 0) is 56.9 Å². The average Bonchev–Trinajstić information content (AvgIpc) is 2.66. The van der Waals surface area contributed by atoms with Crippen molar-refractivity contribution in [2.45, 2.75) is 46.1 Å². The number of amides is 1. The summed E-state index contributed by atoms with van der Waals surface area (Å²) in [5.74, 6) is 1.59. The summed E-state index contributed by atoms with van der Waals surface area (Å²) in [6.07, 6.45) is 1.89. The van der Waals surface area contributed by atoms with E-state index in [9.17, 15) is 4.79 Å². The van der Waals surface area contributed by atoms with Crippen molar-refractivity contribution in [3.63, 3.8) is 0 Å². The number of rotatable bonds is 10. The number of para-hydroxylation sites is 1. The summed E-state index contributed by atoms with van der Waals surface area (Å²) < 4.78 is 11.5. The first kappa shape index (κ1) is 19.8. The van der Waals surface area contributed by atoms with Crippen molar-refractivity contribution >= 4 is 5.91 Å². The van der Waals surface area contributed by atoms with Gasteiger partial charge in [0.25, 0.3) is 5.91 Å². The molecule has 140 valence electrons. The van der Waals surface area contributed by atoms with Crippen LogP contribution in [0.1, 0.15) is 37.8 Å². The highest BCUT2D eigenvalue weighted by atomic mass is 16.5. The van der Waals surface area contributed by atoms with Crippen molar-refractivity contribution in [2.24, 2.45) is 0 Å². The molecular weight excluding hydrogens is 326 g/mol. The largest absolute Gasteiger partial charge is 0.494 e. The van der Waals surface area contributed by atoms with Crippen molar-refractivity contribution in [3.8, 4) is 11.5 Å². The van der Waals surface area contributed by atoms with E-state index >= 15 is 0 Å². The zero-order valence-electron chi connectivity index (χ0n) is 16.0. The lowest BCUT2D eigenvalue weighted by Crippen LogP contribution is -2.38. The Kier molecular flexibility index (Phi) is 8.00. The fourth-order valence-corrected chi connectivity index (χ4v) is 2.71. The molecule has 4 nitrogen and oxygen atoms in total. The number of benzene rings is 2. The highest BCUT2D eigenvalue weighted by Crippen LogP contribution is 2.19. The van der Waals surface area contributed by atoms with Gasteiger partial charge >= 0.3 is 0 Å². The van der Waals surface area contributed by atoms with Gasteiger partial charge in [-0.2, -0.15) is 0 Å². The van der Waals surface area contributed by atoms with E-state index in [2.05, 4.69) is 11.4 Å². The Balaban J connectivity index is 1.79. The van der Waals surface area contributed by atoms with E-state index in [0.717, 1.165) is 24.3 Å². The van der Waals surface area contributed by atoms with Gasteiger partial charge in [0, 0.05) is 6.54 Å². The Morgan fingerprint density at radius 1 is 1.08 bits per heavy atom. The first-order chi connectivity index (χ1) is 12.6. The zero-order valence-corrected chi connectivity index (χ0v) is 16.0. The fourth-order valence-electron chi connectivity index (χ4n) is 2.71. The summed E-state index contributed by atoms with van der Waals surface area (Å²) in [5.41, 5.74) is 2.34. The quantitative estimate of drug-likeness (QED) is 0.647. The van der Waals surface area contributed by atoms with Gasteiger partial charge < -0.3 is 14.8 Å². The maximum absolute atomic E-state index is 12.4. The van der Waals surface area contributed by atoms with E-state index in [4.69, 9.17) is 9.47 Å². The summed E-state index contributed by atoms with van der Waals surface area (Å²) in [5, 5.41) is 2.98. The predicted octanol–water partition coefficient (Wildman–Crippen LogP) is 4.30. The normalized spacial score (nSPS) is 11.7. The molecule has 0 fully saturated rings. The van der Waals surface area contributed by atoms with Crippen LogP contribution < -0.4 is 14.8 Å². The van der Waals surface area contributed by atoms with Crippen molar-refractivity contribution in [1.82, 2.24) is 5.32 Å². The molecule has 1 N–H and O–H groups in total. The Labute approximate surface area is 156 Å². The Bertz CT molecular complexity index is 682. The number of hydrogen-bond acceptors (Lipinski definition) is 3. The molecule has 0 aliphatic heterocycles. The Hall–Kier alpha value is -2.49. The molecule has 0 saturated carbocycles. The molecule has 0 heterocycles. The second-order valence-electron chi connectivity index (χ2n) is 6.26. The van der Waals surface area contributed by atoms with Gasteiger partial charge in [0.2, 0.25) is 0 Å². The first-order valence-corrected chi connectivity index (χ1v) is 9.35. The highest BCUT2D eigenvalue weighted by Gasteiger charge is 2.17. The summed E-state index contributed by atoms with van der Waals surface area (Å²) >= 11 is 0. The molecule has 0 radical (unpaired) electrons. The minimum atomic E-state index is -0.464. The number of ether oxygens (including phenoxy) is 2. The van der Waals surface area contributed by atoms with Gasteiger partial charge in [-0.1, -0.05) is 42.8 Å². The van der Waals surface area contributed by atoms with Gasteiger partial charge in [-0.15, -0.1) is 0 Å². The Morgan fingerprint density at radius 3 is 2.50 bits per heavy atom. The van der Waals surface area contributed by atoms with Gasteiger partial charge in [0.1, 0.15) is 11.5 Å². The van der Waals surface area contributed by atoms with Crippen LogP contribution in [0.5, 0.6) is 11.5 Å². The SMILES string of the molecule is CCOc1ccccc1CCCNC(=O)[C@H](CC)Oc1ccc(C)cc1. The van der Waals surface area contributed by atoms with Crippen LogP contribution in [0, 0.1) is 6.92 Å². The van der Waals surface area contributed by atoms with Gasteiger partial charge in [-0.3, -0.25) is 4.79 Å². The third-order valence-corrected chi connectivity index (χ3v) is 4.16. The minimum Gasteiger partial charge on any atom is -0.494 e. The standard InChI is InChI=1S/C22H29NO3/c1-4-20(26-19-14-12-17(3)13-15-19)22(24)23-16-8-10-18-9-6-7-11-21(18)25-5-2/h6-7,9,11-15,20H,4-5,8,10,16H2,1-3H3,(H,23,24)/t20-/m0/s1. The van der Waals surface area contributed by atoms with E-state index in [0.29, 0.717) is 19.6 Å². The monoisotopic (exact) mass is 355 g/mol. The third kappa shape index (κ3) is 6.10. The number of nitrogens with one attached hydrogen (secondary N) is 1. The third-order valence-electron chi connectivity index (χ3n) is 4.16. The van der Waals surface area contributed by atoms with Gasteiger partial charge in [0.15, 0.2) is 6.10 Å². The number of aryl methyl sites for hydroxylation is 2. The first-order valence-electron chi connectivity index (χ1n) is 9.35. The van der Waals surface area contributed by atoms with Gasteiger partial charge in [-0.25, -0.2) is 0 Å². The van der Waals surface area contributed by atoms with E-state index in [1.165, 1.54) is 11.1 Å². The molecule has 1 amide bonds. The molecule has 26 heavy (non-hydrogen) atoms. The molecule has 0 aliphatic rings. The average molecular weight is 355 g/mol. The van der Waals surface area contributed by atoms with Crippen LogP contribution in [0.25, 0.3) is 0 Å². The fraction of sp³-hybridized carbons (Fsp3) is 0.409. The molecule has 2 aromatic carbocycles. The summed E-state index contributed by atoms with van der Waals surface area (Å²) in [6.45, 7) is 7.24. The molecule has 0 spiro atoms. The van der Waals surface area contributed by atoms with Crippen molar-refractivity contribution in [3.05, 3.63) is 59.7 Å². The van der Waals surface area contributed by atoms with Crippen molar-refractivity contribution in [2.75, 3.05) is 13.2 Å². The smallest absolute Gasteiger partial charge is 0.261 e. The Morgan fingerprint density at radius 2 is 1.81 bits per heavy atom. The summed E-state index contributed by atoms with van der Waals surface area (Å²) in [7, 11) is 0. The molecule has 0 aromatic heterocycles. The lowest BCUT2D eigenvalue weighted by molar-refractivity contribution is -0.128. The molecule has 0 aliphatic carbocycles. The second-order valence-corrected chi connectivity index (χ2v) is 6.26. The van der Waals surface area contributed by atoms with Crippen molar-refractivity contribution in [1.29, 1.82) is 0 Å². The van der Waals surface area contributed by atoms with Gasteiger partial charge in [0.05, 0.1) is 6.61 Å². The lowest BCUT2D eigenvalue weighted by atomic mass is 10.1. The minimum absolute atomic E-state index is 0.0637. The number of carbonyl (C=O) groups is 1. The molecule has 4 heteroatoms. The number of hydrogen-bond donors (Lipinski definition) is 1. The molecule has 0 saturated heterocycles. The van der Waals surface area contributed by atoms with E-state index in [1.54, 1.807) is 0 Å². The van der Waals surface area contributed by atoms with Crippen LogP contribution in [-0.2, 0) is 11.2 Å². The number of carbonyl (C=O) groups excluding carboxylic acids is 1.